The third-order valence-corrected chi connectivity index (χ3v) is 10.5. The minimum atomic E-state index is -5.08. The van der Waals surface area contributed by atoms with E-state index in [1.165, 1.54) is 6.07 Å². The molecule has 2 bridgehead atoms. The molecule has 3 N–H and O–H groups in total. The van der Waals surface area contributed by atoms with Crippen LogP contribution in [0.15, 0.2) is 36.5 Å². The smallest absolute Gasteiger partial charge is 0.475 e. The summed E-state index contributed by atoms with van der Waals surface area (Å²) in [7, 11) is 0. The maximum atomic E-state index is 16.6. The van der Waals surface area contributed by atoms with Crippen LogP contribution in [-0.4, -0.2) is 105 Å². The van der Waals surface area contributed by atoms with Crippen molar-refractivity contribution < 1.29 is 59.7 Å². The SMILES string of the molecule is Fc1ccc2cccc(-c3ncc4c(N5C[C@H]6CC[C@@H](C5)N6)nc(OCC56CCCN5CCC6)nc4c3F)c2c1Cl.O=C(O)C(F)(F)F.O=C(O)C(F)(F)F. The third-order valence-electron chi connectivity index (χ3n) is 10.1. The van der Waals surface area contributed by atoms with Crippen LogP contribution in [0, 0.1) is 11.6 Å². The van der Waals surface area contributed by atoms with Gasteiger partial charge < -0.3 is 25.2 Å². The fourth-order valence-electron chi connectivity index (χ4n) is 7.65. The Balaban J connectivity index is 0.000000315. The number of fused-ring (bicyclic) bond motifs is 5. The van der Waals surface area contributed by atoms with Crippen molar-refractivity contribution in [3.05, 3.63) is 53.2 Å². The minimum absolute atomic E-state index is 0.0123. The topological polar surface area (TPSA) is 141 Å². The molecule has 0 radical (unpaired) electrons. The molecule has 2 aromatic carbocycles. The summed E-state index contributed by atoms with van der Waals surface area (Å²) in [6, 6.07) is 9.21. The Bertz CT molecular complexity index is 2060. The number of carboxylic acids is 2. The van der Waals surface area contributed by atoms with Crippen LogP contribution in [0.5, 0.6) is 6.01 Å². The van der Waals surface area contributed by atoms with Gasteiger partial charge in [-0.15, -0.1) is 0 Å². The molecule has 0 amide bonds. The van der Waals surface area contributed by atoms with Crippen LogP contribution in [0.4, 0.5) is 40.9 Å². The van der Waals surface area contributed by atoms with E-state index in [0.29, 0.717) is 46.2 Å². The van der Waals surface area contributed by atoms with Crippen LogP contribution < -0.4 is 15.0 Å². The summed E-state index contributed by atoms with van der Waals surface area (Å²) in [5, 5.41) is 19.5. The lowest BCUT2D eigenvalue weighted by Crippen LogP contribution is -2.51. The number of benzene rings is 2. The van der Waals surface area contributed by atoms with Crippen LogP contribution in [0.2, 0.25) is 5.02 Å². The number of nitrogens with one attached hydrogen (secondary N) is 1. The Hall–Kier alpha value is -4.62. The van der Waals surface area contributed by atoms with Gasteiger partial charge in [-0.1, -0.05) is 35.9 Å². The van der Waals surface area contributed by atoms with E-state index < -0.39 is 35.9 Å². The lowest BCUT2D eigenvalue weighted by Gasteiger charge is -2.34. The van der Waals surface area contributed by atoms with E-state index in [2.05, 4.69) is 25.1 Å². The molecule has 4 aromatic rings. The van der Waals surface area contributed by atoms with Crippen molar-refractivity contribution in [2.45, 2.75) is 68.5 Å². The first kappa shape index (κ1) is 40.1. The summed E-state index contributed by atoms with van der Waals surface area (Å²) in [4.78, 5) is 36.6. The molecular formula is C35H33ClF8N6O5. The molecule has 55 heavy (non-hydrogen) atoms. The Kier molecular flexibility index (Phi) is 11.3. The predicted octanol–water partition coefficient (Wildman–Crippen LogP) is 6.99. The molecule has 296 valence electrons. The predicted molar refractivity (Wildman–Crippen MR) is 183 cm³/mol. The van der Waals surface area contributed by atoms with Crippen molar-refractivity contribution in [1.82, 2.24) is 25.2 Å². The second-order valence-electron chi connectivity index (χ2n) is 13.6. The van der Waals surface area contributed by atoms with Crippen LogP contribution in [0.1, 0.15) is 38.5 Å². The molecule has 4 saturated heterocycles. The number of ether oxygens (including phenoxy) is 1. The normalized spacial score (nSPS) is 20.4. The van der Waals surface area contributed by atoms with E-state index in [0.717, 1.165) is 64.7 Å². The molecule has 6 heterocycles. The van der Waals surface area contributed by atoms with E-state index in [-0.39, 0.29) is 27.8 Å². The highest BCUT2D eigenvalue weighted by molar-refractivity contribution is 6.36. The number of carboxylic acid groups (broad SMARTS) is 2. The average Bonchev–Trinajstić information content (AvgIpc) is 3.82. The van der Waals surface area contributed by atoms with Crippen molar-refractivity contribution in [2.75, 3.05) is 37.7 Å². The van der Waals surface area contributed by atoms with Gasteiger partial charge in [-0.25, -0.2) is 18.4 Å². The fraction of sp³-hybridized carbons (Fsp3) is 0.457. The number of nitrogens with zero attached hydrogens (tertiary/aromatic N) is 5. The van der Waals surface area contributed by atoms with Crippen LogP contribution >= 0.6 is 11.6 Å². The van der Waals surface area contributed by atoms with Crippen LogP contribution in [0.3, 0.4) is 0 Å². The molecule has 4 fully saturated rings. The van der Waals surface area contributed by atoms with Gasteiger partial charge in [0.2, 0.25) is 0 Å². The fourth-order valence-corrected chi connectivity index (χ4v) is 7.93. The number of piperazine rings is 1. The first-order chi connectivity index (χ1) is 25.9. The van der Waals surface area contributed by atoms with Crippen molar-refractivity contribution in [3.8, 4) is 17.3 Å². The maximum absolute atomic E-state index is 16.6. The molecule has 0 spiro atoms. The summed E-state index contributed by atoms with van der Waals surface area (Å²) < 4.78 is 101. The van der Waals surface area contributed by atoms with E-state index in [9.17, 15) is 30.7 Å². The van der Waals surface area contributed by atoms with Crippen LogP contribution in [0.25, 0.3) is 32.9 Å². The van der Waals surface area contributed by atoms with E-state index >= 15 is 4.39 Å². The molecule has 11 nitrogen and oxygen atoms in total. The molecule has 2 atom stereocenters. The lowest BCUT2D eigenvalue weighted by molar-refractivity contribution is -0.193. The Labute approximate surface area is 312 Å². The quantitative estimate of drug-likeness (QED) is 0.180. The van der Waals surface area contributed by atoms with E-state index in [1.54, 1.807) is 24.4 Å². The van der Waals surface area contributed by atoms with Crippen LogP contribution in [-0.2, 0) is 9.59 Å². The zero-order valence-electron chi connectivity index (χ0n) is 28.7. The van der Waals surface area contributed by atoms with Gasteiger partial charge in [0.25, 0.3) is 0 Å². The summed E-state index contributed by atoms with van der Waals surface area (Å²) in [6.45, 7) is 4.23. The number of pyridine rings is 1. The molecule has 0 unspecified atom stereocenters. The summed E-state index contributed by atoms with van der Waals surface area (Å²) in [5.74, 6) is -6.02. The summed E-state index contributed by atoms with van der Waals surface area (Å²) in [6.07, 6.45) is -1.80. The number of hydrogen-bond acceptors (Lipinski definition) is 9. The number of aliphatic carboxylic acids is 2. The summed E-state index contributed by atoms with van der Waals surface area (Å²) >= 11 is 6.40. The number of alkyl halides is 6. The number of halogens is 9. The number of rotatable bonds is 5. The van der Waals surface area contributed by atoms with Gasteiger partial charge in [0.1, 0.15) is 29.5 Å². The Morgan fingerprint density at radius 3 is 2.11 bits per heavy atom. The van der Waals surface area contributed by atoms with Gasteiger partial charge in [0.15, 0.2) is 5.82 Å². The van der Waals surface area contributed by atoms with Gasteiger partial charge in [-0.2, -0.15) is 36.3 Å². The Morgan fingerprint density at radius 1 is 0.927 bits per heavy atom. The summed E-state index contributed by atoms with van der Waals surface area (Å²) in [5.41, 5.74) is 0.652. The molecule has 2 aromatic heterocycles. The van der Waals surface area contributed by atoms with Crippen molar-refractivity contribution in [3.63, 3.8) is 0 Å². The standard InChI is InChI=1S/C31H31ClF2N6O.2C2HF3O2/c32-25-23(33)9-6-18-4-1-5-21(24(18)25)27-26(34)28-22(14-35-27)29(39-15-19-7-8-20(16-39)36-19)38-30(37-28)41-17-31-10-2-12-40(31)13-3-11-31;2*3-2(4,5)1(6)7/h1,4-6,9,14,19-20,36H,2-3,7-8,10-13,15-17H2;2*(H,6,7)/t19-,20+;;. The first-order valence-electron chi connectivity index (χ1n) is 17.1. The second kappa shape index (κ2) is 15.5. The van der Waals surface area contributed by atoms with Crippen molar-refractivity contribution in [1.29, 1.82) is 0 Å². The molecule has 0 saturated carbocycles. The molecule has 0 aliphatic carbocycles. The highest BCUT2D eigenvalue weighted by Crippen LogP contribution is 2.41. The van der Waals surface area contributed by atoms with Gasteiger partial charge in [0.05, 0.1) is 15.9 Å². The Morgan fingerprint density at radius 2 is 1.53 bits per heavy atom. The van der Waals surface area contributed by atoms with E-state index in [4.69, 9.17) is 41.1 Å². The van der Waals surface area contributed by atoms with Gasteiger partial charge >= 0.3 is 30.3 Å². The minimum Gasteiger partial charge on any atom is -0.475 e. The highest BCUT2D eigenvalue weighted by Gasteiger charge is 2.45. The second-order valence-corrected chi connectivity index (χ2v) is 14.0. The monoisotopic (exact) mass is 804 g/mol. The van der Waals surface area contributed by atoms with Gasteiger partial charge in [0, 0.05) is 42.3 Å². The molecular weight excluding hydrogens is 772 g/mol. The largest absolute Gasteiger partial charge is 0.490 e. The third kappa shape index (κ3) is 8.47. The number of anilines is 1. The average molecular weight is 805 g/mol. The number of hydrogen-bond donors (Lipinski definition) is 3. The van der Waals surface area contributed by atoms with E-state index in [1.807, 2.05) is 6.07 Å². The zero-order chi connectivity index (χ0) is 39.9. The molecule has 4 aliphatic heterocycles. The molecule has 8 rings (SSSR count). The number of aromatic nitrogens is 3. The number of carbonyl (C=O) groups is 2. The van der Waals surface area contributed by atoms with Crippen molar-refractivity contribution in [2.24, 2.45) is 0 Å². The molecule has 20 heteroatoms. The lowest BCUT2D eigenvalue weighted by atomic mass is 9.95. The highest BCUT2D eigenvalue weighted by atomic mass is 35.5. The first-order valence-corrected chi connectivity index (χ1v) is 17.5. The maximum Gasteiger partial charge on any atom is 0.490 e. The van der Waals surface area contributed by atoms with Gasteiger partial charge in [-0.05, 0) is 63.1 Å². The van der Waals surface area contributed by atoms with Crippen molar-refractivity contribution >= 4 is 51.0 Å². The zero-order valence-corrected chi connectivity index (χ0v) is 29.4. The molecule has 4 aliphatic rings. The van der Waals surface area contributed by atoms with Gasteiger partial charge in [-0.3, -0.25) is 9.88 Å².